The molecule has 1 aromatic rings. The number of halogens is 3. The van der Waals surface area contributed by atoms with E-state index in [9.17, 15) is 26.4 Å². The number of hydrogen-bond donors (Lipinski definition) is 1. The number of benzene rings is 1. The Labute approximate surface area is 119 Å². The molecule has 0 aliphatic carbocycles. The van der Waals surface area contributed by atoms with Crippen LogP contribution in [0.2, 0.25) is 0 Å². The Kier molecular flexibility index (Phi) is 3.98. The molecule has 1 aliphatic rings. The number of hydrogen-bond acceptors (Lipinski definition) is 3. The molecule has 1 heterocycles. The zero-order chi connectivity index (χ0) is 15.8. The number of carbonyl (C=O) groups is 1. The van der Waals surface area contributed by atoms with Crippen molar-refractivity contribution in [3.8, 4) is 0 Å². The second-order valence-electron chi connectivity index (χ2n) is 4.81. The average molecular weight is 323 g/mol. The molecule has 9 heteroatoms. The van der Waals surface area contributed by atoms with E-state index in [0.29, 0.717) is 12.1 Å². The summed E-state index contributed by atoms with van der Waals surface area (Å²) in [6.07, 6.45) is -4.65. The van der Waals surface area contributed by atoms with Crippen molar-refractivity contribution in [3.05, 3.63) is 29.8 Å². The molecular formula is C12H12F3NO4S. The first-order valence-electron chi connectivity index (χ1n) is 6.00. The van der Waals surface area contributed by atoms with Gasteiger partial charge in [-0.25, -0.2) is 8.42 Å². The van der Waals surface area contributed by atoms with Crippen molar-refractivity contribution in [1.29, 1.82) is 0 Å². The van der Waals surface area contributed by atoms with Crippen LogP contribution in [0.15, 0.2) is 29.2 Å². The van der Waals surface area contributed by atoms with Gasteiger partial charge in [0.15, 0.2) is 0 Å². The minimum Gasteiger partial charge on any atom is -0.481 e. The van der Waals surface area contributed by atoms with E-state index in [2.05, 4.69) is 0 Å². The summed E-state index contributed by atoms with van der Waals surface area (Å²) < 4.78 is 62.5. The fourth-order valence-electron chi connectivity index (χ4n) is 2.06. The van der Waals surface area contributed by atoms with Crippen LogP contribution in [-0.4, -0.2) is 36.9 Å². The first kappa shape index (κ1) is 15.8. The van der Waals surface area contributed by atoms with Gasteiger partial charge in [0.2, 0.25) is 10.0 Å². The van der Waals surface area contributed by atoms with Gasteiger partial charge < -0.3 is 5.11 Å². The fourth-order valence-corrected chi connectivity index (χ4v) is 3.65. The van der Waals surface area contributed by atoms with E-state index in [-0.39, 0.29) is 30.3 Å². The Morgan fingerprint density at radius 3 is 2.19 bits per heavy atom. The summed E-state index contributed by atoms with van der Waals surface area (Å²) >= 11 is 0. The molecule has 0 atom stereocenters. The maximum absolute atomic E-state index is 12.4. The second kappa shape index (κ2) is 5.30. The Hall–Kier alpha value is -1.61. The Bertz CT molecular complexity index is 633. The van der Waals surface area contributed by atoms with Crippen LogP contribution in [0.25, 0.3) is 0 Å². The summed E-state index contributed by atoms with van der Waals surface area (Å²) in [4.78, 5) is 10.3. The SMILES string of the molecule is O=C(O)CC1CN(S(=O)(=O)c2ccc(C(F)(F)F)cc2)C1. The maximum atomic E-state index is 12.4. The number of nitrogens with zero attached hydrogens (tertiary/aromatic N) is 1. The van der Waals surface area contributed by atoms with Crippen LogP contribution in [0.3, 0.4) is 0 Å². The van der Waals surface area contributed by atoms with Crippen LogP contribution in [0.4, 0.5) is 13.2 Å². The molecule has 1 saturated heterocycles. The lowest BCUT2D eigenvalue weighted by atomic mass is 10.00. The van der Waals surface area contributed by atoms with Gasteiger partial charge in [-0.2, -0.15) is 17.5 Å². The van der Waals surface area contributed by atoms with E-state index >= 15 is 0 Å². The largest absolute Gasteiger partial charge is 0.481 e. The van der Waals surface area contributed by atoms with Crippen LogP contribution in [0, 0.1) is 5.92 Å². The van der Waals surface area contributed by atoms with Crippen molar-refractivity contribution < 1.29 is 31.5 Å². The summed E-state index contributed by atoms with van der Waals surface area (Å²) in [6.45, 7) is 0.130. The number of carboxylic acids is 1. The molecule has 1 fully saturated rings. The van der Waals surface area contributed by atoms with Crippen molar-refractivity contribution in [1.82, 2.24) is 4.31 Å². The summed E-state index contributed by atoms with van der Waals surface area (Å²) in [5.41, 5.74) is -0.922. The number of rotatable bonds is 4. The lowest BCUT2D eigenvalue weighted by molar-refractivity contribution is -0.139. The highest BCUT2D eigenvalue weighted by Gasteiger charge is 2.38. The van der Waals surface area contributed by atoms with E-state index in [1.54, 1.807) is 0 Å². The number of aliphatic carboxylic acids is 1. The van der Waals surface area contributed by atoms with Crippen molar-refractivity contribution in [2.75, 3.05) is 13.1 Å². The van der Waals surface area contributed by atoms with Crippen molar-refractivity contribution in [2.45, 2.75) is 17.5 Å². The minimum absolute atomic E-state index is 0.0651. The van der Waals surface area contributed by atoms with Gasteiger partial charge in [0.05, 0.1) is 16.9 Å². The fraction of sp³-hybridized carbons (Fsp3) is 0.417. The van der Waals surface area contributed by atoms with Gasteiger partial charge in [0.25, 0.3) is 0 Å². The summed E-state index contributed by atoms with van der Waals surface area (Å²) in [5, 5.41) is 8.59. The number of sulfonamides is 1. The third kappa shape index (κ3) is 3.35. The molecule has 1 N–H and O–H groups in total. The van der Waals surface area contributed by atoms with Crippen LogP contribution in [-0.2, 0) is 21.0 Å². The molecule has 1 aliphatic heterocycles. The molecule has 2 rings (SSSR count). The molecule has 0 amide bonds. The molecule has 0 aromatic heterocycles. The lowest BCUT2D eigenvalue weighted by Gasteiger charge is -2.37. The molecule has 1 aromatic carbocycles. The molecule has 0 saturated carbocycles. The molecule has 0 bridgehead atoms. The van der Waals surface area contributed by atoms with Gasteiger partial charge in [0, 0.05) is 13.1 Å². The smallest absolute Gasteiger partial charge is 0.416 e. The highest BCUT2D eigenvalue weighted by atomic mass is 32.2. The van der Waals surface area contributed by atoms with E-state index in [1.807, 2.05) is 0 Å². The predicted molar refractivity (Wildman–Crippen MR) is 65.9 cm³/mol. The topological polar surface area (TPSA) is 74.7 Å². The molecule has 116 valence electrons. The first-order chi connectivity index (χ1) is 9.60. The Morgan fingerprint density at radius 2 is 1.76 bits per heavy atom. The predicted octanol–water partition coefficient (Wildman–Crippen LogP) is 1.80. The Morgan fingerprint density at radius 1 is 1.24 bits per heavy atom. The average Bonchev–Trinajstić information content (AvgIpc) is 2.32. The standard InChI is InChI=1S/C12H12F3NO4S/c13-12(14,15)9-1-3-10(4-2-9)21(19,20)16-6-8(7-16)5-11(17)18/h1-4,8H,5-7H2,(H,17,18). The molecular weight excluding hydrogens is 311 g/mol. The van der Waals surface area contributed by atoms with E-state index in [1.165, 1.54) is 0 Å². The third-order valence-corrected chi connectivity index (χ3v) is 5.05. The van der Waals surface area contributed by atoms with Crippen LogP contribution < -0.4 is 0 Å². The van der Waals surface area contributed by atoms with Crippen molar-refractivity contribution >= 4 is 16.0 Å². The molecule has 5 nitrogen and oxygen atoms in total. The molecule has 0 radical (unpaired) electrons. The van der Waals surface area contributed by atoms with Gasteiger partial charge in [-0.1, -0.05) is 0 Å². The Balaban J connectivity index is 2.09. The van der Waals surface area contributed by atoms with Gasteiger partial charge >= 0.3 is 12.1 Å². The summed E-state index contributed by atoms with van der Waals surface area (Å²) in [5.74, 6) is -1.27. The van der Waals surface area contributed by atoms with E-state index in [0.717, 1.165) is 16.4 Å². The molecule has 0 spiro atoms. The van der Waals surface area contributed by atoms with Crippen molar-refractivity contribution in [2.24, 2.45) is 5.92 Å². The van der Waals surface area contributed by atoms with Gasteiger partial charge in [-0.15, -0.1) is 0 Å². The minimum atomic E-state index is -4.52. The third-order valence-electron chi connectivity index (χ3n) is 3.21. The number of alkyl halides is 3. The van der Waals surface area contributed by atoms with E-state index < -0.39 is 27.7 Å². The van der Waals surface area contributed by atoms with Crippen LogP contribution in [0.1, 0.15) is 12.0 Å². The second-order valence-corrected chi connectivity index (χ2v) is 6.75. The zero-order valence-corrected chi connectivity index (χ0v) is 11.5. The molecule has 0 unspecified atom stereocenters. The highest BCUT2D eigenvalue weighted by molar-refractivity contribution is 7.89. The first-order valence-corrected chi connectivity index (χ1v) is 7.44. The van der Waals surface area contributed by atoms with Gasteiger partial charge in [-0.3, -0.25) is 4.79 Å². The summed E-state index contributed by atoms with van der Waals surface area (Å²) in [6, 6.07) is 3.23. The zero-order valence-electron chi connectivity index (χ0n) is 10.7. The normalized spacial score (nSPS) is 17.5. The van der Waals surface area contributed by atoms with Gasteiger partial charge in [-0.05, 0) is 30.2 Å². The maximum Gasteiger partial charge on any atom is 0.416 e. The highest BCUT2D eigenvalue weighted by Crippen LogP contribution is 2.31. The van der Waals surface area contributed by atoms with Gasteiger partial charge in [0.1, 0.15) is 0 Å². The van der Waals surface area contributed by atoms with Crippen LogP contribution in [0.5, 0.6) is 0 Å². The summed E-state index contributed by atoms with van der Waals surface area (Å²) in [7, 11) is -3.86. The monoisotopic (exact) mass is 323 g/mol. The lowest BCUT2D eigenvalue weighted by Crippen LogP contribution is -2.50. The quantitative estimate of drug-likeness (QED) is 0.917. The van der Waals surface area contributed by atoms with Crippen LogP contribution >= 0.6 is 0 Å². The van der Waals surface area contributed by atoms with E-state index in [4.69, 9.17) is 5.11 Å². The molecule has 21 heavy (non-hydrogen) atoms. The van der Waals surface area contributed by atoms with Crippen molar-refractivity contribution in [3.63, 3.8) is 0 Å². The number of carboxylic acid groups (broad SMARTS) is 1.